The molecule has 0 bridgehead atoms. The molecule has 0 fully saturated rings. The fraction of sp³-hybridized carbons (Fsp3) is 0.800. The van der Waals surface area contributed by atoms with E-state index in [4.69, 9.17) is 18.9 Å². The highest BCUT2D eigenvalue weighted by Crippen LogP contribution is 1.94. The maximum atomic E-state index is 5.32. The molecule has 0 saturated carbocycles. The van der Waals surface area contributed by atoms with Gasteiger partial charge in [-0.3, -0.25) is 0 Å². The van der Waals surface area contributed by atoms with Crippen LogP contribution in [0.5, 0.6) is 0 Å². The predicted octanol–water partition coefficient (Wildman–Crippen LogP) is 3.97. The van der Waals surface area contributed by atoms with E-state index < -0.39 is 0 Å². The molecule has 0 aromatic rings. The quantitative estimate of drug-likeness (QED) is 0.273. The molecule has 5 nitrogen and oxygen atoms in total. The lowest BCUT2D eigenvalue weighted by Gasteiger charge is -2.03. The van der Waals surface area contributed by atoms with Crippen molar-refractivity contribution in [1.82, 2.24) is 0 Å². The first-order chi connectivity index (χ1) is 11.8. The Morgan fingerprint density at radius 2 is 0.920 bits per heavy atom. The van der Waals surface area contributed by atoms with Crippen molar-refractivity contribution in [1.29, 1.82) is 0 Å². The van der Waals surface area contributed by atoms with Crippen LogP contribution in [0.3, 0.4) is 0 Å². The van der Waals surface area contributed by atoms with E-state index in [-0.39, 0.29) is 5.48 Å². The summed E-state index contributed by atoms with van der Waals surface area (Å²) in [6, 6.07) is 0. The Hall–Kier alpha value is -0.720. The minimum absolute atomic E-state index is 0. The van der Waals surface area contributed by atoms with Gasteiger partial charge in [0.05, 0.1) is 39.6 Å². The highest BCUT2D eigenvalue weighted by Gasteiger charge is 1.89. The van der Waals surface area contributed by atoms with Gasteiger partial charge in [0.2, 0.25) is 0 Å². The average molecular weight is 363 g/mol. The van der Waals surface area contributed by atoms with Gasteiger partial charge in [-0.15, -0.1) is 13.2 Å². The molecule has 2 N–H and O–H groups in total. The molecule has 0 unspecified atom stereocenters. The van der Waals surface area contributed by atoms with Crippen LogP contribution in [0.4, 0.5) is 0 Å². The molecule has 0 aliphatic carbocycles. The normalized spacial score (nSPS) is 9.68. The number of hydrogen-bond donors (Lipinski definition) is 0. The summed E-state index contributed by atoms with van der Waals surface area (Å²) in [4.78, 5) is 0. The van der Waals surface area contributed by atoms with Crippen LogP contribution < -0.4 is 0 Å². The zero-order chi connectivity index (χ0) is 18.1. The van der Waals surface area contributed by atoms with Crippen LogP contribution in [0.1, 0.15) is 52.4 Å². The van der Waals surface area contributed by atoms with Crippen LogP contribution in [-0.2, 0) is 18.9 Å². The lowest BCUT2D eigenvalue weighted by molar-refractivity contribution is 0.0569. The first kappa shape index (κ1) is 29.1. The molecule has 25 heavy (non-hydrogen) atoms. The van der Waals surface area contributed by atoms with Crippen molar-refractivity contribution in [3.63, 3.8) is 0 Å². The molecule has 0 atom stereocenters. The SMILES string of the molecule is C=CCOCCOCCCCC.C=CCOCCOCCCCC.O. The Balaban J connectivity index is -0.000000372. The lowest BCUT2D eigenvalue weighted by atomic mass is 10.3. The first-order valence-electron chi connectivity index (χ1n) is 9.36. The van der Waals surface area contributed by atoms with Crippen molar-refractivity contribution >= 4 is 0 Å². The standard InChI is InChI=1S/2C10H20O2.H2O/c2*1-3-5-6-8-12-10-9-11-7-4-2;/h2*4H,2-3,5-10H2,1H3;1H2. The number of hydrogen-bond acceptors (Lipinski definition) is 4. The lowest BCUT2D eigenvalue weighted by Crippen LogP contribution is -2.05. The Bertz CT molecular complexity index is 210. The largest absolute Gasteiger partial charge is 0.412 e. The second-order valence-electron chi connectivity index (χ2n) is 5.37. The summed E-state index contributed by atoms with van der Waals surface area (Å²) >= 11 is 0. The van der Waals surface area contributed by atoms with Gasteiger partial charge in [-0.05, 0) is 12.8 Å². The summed E-state index contributed by atoms with van der Waals surface area (Å²) in [5, 5.41) is 0. The molecule has 152 valence electrons. The topological polar surface area (TPSA) is 68.4 Å². The second kappa shape index (κ2) is 31.1. The van der Waals surface area contributed by atoms with E-state index in [1.807, 2.05) is 0 Å². The molecule has 0 aromatic carbocycles. The highest BCUT2D eigenvalue weighted by molar-refractivity contribution is 4.63. The molecule has 0 aromatic heterocycles. The van der Waals surface area contributed by atoms with Crippen molar-refractivity contribution in [3.05, 3.63) is 25.3 Å². The maximum absolute atomic E-state index is 5.32. The van der Waals surface area contributed by atoms with Gasteiger partial charge in [-0.25, -0.2) is 0 Å². The molecule has 0 aliphatic heterocycles. The van der Waals surface area contributed by atoms with Gasteiger partial charge < -0.3 is 24.4 Å². The van der Waals surface area contributed by atoms with Crippen LogP contribution in [0.2, 0.25) is 0 Å². The van der Waals surface area contributed by atoms with Gasteiger partial charge in [0.15, 0.2) is 0 Å². The summed E-state index contributed by atoms with van der Waals surface area (Å²) in [5.74, 6) is 0. The molecule has 0 spiro atoms. The minimum atomic E-state index is 0. The maximum Gasteiger partial charge on any atom is 0.0704 e. The van der Waals surface area contributed by atoms with E-state index in [2.05, 4.69) is 27.0 Å². The minimum Gasteiger partial charge on any atom is -0.412 e. The van der Waals surface area contributed by atoms with Crippen LogP contribution in [0.25, 0.3) is 0 Å². The van der Waals surface area contributed by atoms with E-state index in [1.165, 1.54) is 25.7 Å². The Labute approximate surface area is 155 Å². The van der Waals surface area contributed by atoms with E-state index in [9.17, 15) is 0 Å². The van der Waals surface area contributed by atoms with E-state index in [0.29, 0.717) is 39.6 Å². The summed E-state index contributed by atoms with van der Waals surface area (Å²) in [7, 11) is 0. The van der Waals surface area contributed by atoms with E-state index in [1.54, 1.807) is 12.2 Å². The molecule has 0 rings (SSSR count). The Morgan fingerprint density at radius 3 is 1.24 bits per heavy atom. The van der Waals surface area contributed by atoms with Gasteiger partial charge in [0.1, 0.15) is 0 Å². The van der Waals surface area contributed by atoms with E-state index >= 15 is 0 Å². The first-order valence-corrected chi connectivity index (χ1v) is 9.36. The van der Waals surface area contributed by atoms with Crippen LogP contribution in [0.15, 0.2) is 25.3 Å². The van der Waals surface area contributed by atoms with Crippen molar-refractivity contribution in [2.75, 3.05) is 52.9 Å². The van der Waals surface area contributed by atoms with Crippen molar-refractivity contribution < 1.29 is 24.4 Å². The number of rotatable bonds is 18. The molecular weight excluding hydrogens is 320 g/mol. The molecule has 0 radical (unpaired) electrons. The molecule has 0 heterocycles. The van der Waals surface area contributed by atoms with Crippen LogP contribution >= 0.6 is 0 Å². The molecule has 5 heteroatoms. The number of ether oxygens (including phenoxy) is 4. The van der Waals surface area contributed by atoms with Crippen molar-refractivity contribution in [2.24, 2.45) is 0 Å². The van der Waals surface area contributed by atoms with Crippen molar-refractivity contribution in [3.8, 4) is 0 Å². The molecule has 0 saturated heterocycles. The van der Waals surface area contributed by atoms with Crippen LogP contribution in [-0.4, -0.2) is 58.3 Å². The molecule has 0 amide bonds. The van der Waals surface area contributed by atoms with Gasteiger partial charge in [0, 0.05) is 13.2 Å². The highest BCUT2D eigenvalue weighted by atomic mass is 16.5. The second-order valence-corrected chi connectivity index (χ2v) is 5.37. The summed E-state index contributed by atoms with van der Waals surface area (Å²) in [6.45, 7) is 17.2. The third-order valence-corrected chi connectivity index (χ3v) is 3.00. The molecular formula is C20H42O5. The summed E-state index contributed by atoms with van der Waals surface area (Å²) in [6.07, 6.45) is 10.8. The predicted molar refractivity (Wildman–Crippen MR) is 106 cm³/mol. The Morgan fingerprint density at radius 1 is 0.560 bits per heavy atom. The van der Waals surface area contributed by atoms with Gasteiger partial charge in [0.25, 0.3) is 0 Å². The van der Waals surface area contributed by atoms with Gasteiger partial charge >= 0.3 is 0 Å². The van der Waals surface area contributed by atoms with Crippen molar-refractivity contribution in [2.45, 2.75) is 52.4 Å². The fourth-order valence-electron chi connectivity index (χ4n) is 1.68. The van der Waals surface area contributed by atoms with Gasteiger partial charge in [-0.2, -0.15) is 0 Å². The Kier molecular flexibility index (Phi) is 36.1. The number of unbranched alkanes of at least 4 members (excludes halogenated alkanes) is 4. The van der Waals surface area contributed by atoms with E-state index in [0.717, 1.165) is 26.1 Å². The molecule has 0 aliphatic rings. The van der Waals surface area contributed by atoms with Gasteiger partial charge in [-0.1, -0.05) is 51.7 Å². The third-order valence-electron chi connectivity index (χ3n) is 3.00. The fourth-order valence-corrected chi connectivity index (χ4v) is 1.68. The average Bonchev–Trinajstić information content (AvgIpc) is 2.60. The third kappa shape index (κ3) is 35.3. The van der Waals surface area contributed by atoms with Crippen LogP contribution in [0, 0.1) is 0 Å². The zero-order valence-corrected chi connectivity index (χ0v) is 16.6. The zero-order valence-electron chi connectivity index (χ0n) is 16.6. The monoisotopic (exact) mass is 362 g/mol. The summed E-state index contributed by atoms with van der Waals surface area (Å²) in [5.41, 5.74) is 0. The smallest absolute Gasteiger partial charge is 0.0704 e. The summed E-state index contributed by atoms with van der Waals surface area (Å²) < 4.78 is 20.9.